The van der Waals surface area contributed by atoms with Crippen LogP contribution in [0.1, 0.15) is 19.3 Å². The van der Waals surface area contributed by atoms with Gasteiger partial charge in [-0.2, -0.15) is 0 Å². The Balaban J connectivity index is 1.87. The van der Waals surface area contributed by atoms with E-state index in [4.69, 9.17) is 16.2 Å². The average molecular weight is 238 g/mol. The second kappa shape index (κ2) is 4.61. The molecule has 0 unspecified atom stereocenters. The molecule has 92 valence electrons. The van der Waals surface area contributed by atoms with E-state index in [1.807, 2.05) is 0 Å². The third-order valence-corrected chi connectivity index (χ3v) is 2.95. The van der Waals surface area contributed by atoms with E-state index in [1.165, 1.54) is 18.2 Å². The van der Waals surface area contributed by atoms with Crippen molar-refractivity contribution >= 4 is 11.6 Å². The number of hydrogen-bond donors (Lipinski definition) is 2. The van der Waals surface area contributed by atoms with Gasteiger partial charge in [-0.05, 0) is 30.9 Å². The second-order valence-electron chi connectivity index (χ2n) is 4.43. The molecule has 0 bridgehead atoms. The van der Waals surface area contributed by atoms with E-state index in [9.17, 15) is 9.18 Å². The zero-order valence-corrected chi connectivity index (χ0v) is 9.36. The van der Waals surface area contributed by atoms with E-state index >= 15 is 0 Å². The predicted octanol–water partition coefficient (Wildman–Crippen LogP) is 1.44. The van der Waals surface area contributed by atoms with E-state index in [-0.39, 0.29) is 23.7 Å². The summed E-state index contributed by atoms with van der Waals surface area (Å²) in [6.07, 6.45) is 1.92. The number of benzene rings is 1. The Labute approximate surface area is 98.7 Å². The van der Waals surface area contributed by atoms with Gasteiger partial charge in [0.2, 0.25) is 5.91 Å². The highest BCUT2D eigenvalue weighted by Gasteiger charge is 2.32. The first-order valence-electron chi connectivity index (χ1n) is 5.54. The maximum Gasteiger partial charge on any atom is 0.217 e. The fourth-order valence-electron chi connectivity index (χ4n) is 2.01. The average Bonchev–Trinajstić information content (AvgIpc) is 2.19. The lowest BCUT2D eigenvalue weighted by atomic mass is 9.80. The van der Waals surface area contributed by atoms with Crippen LogP contribution in [-0.4, -0.2) is 12.0 Å². The molecule has 1 aromatic carbocycles. The summed E-state index contributed by atoms with van der Waals surface area (Å²) in [5.74, 6) is -0.0132. The Hall–Kier alpha value is -1.78. The first-order chi connectivity index (χ1) is 8.04. The van der Waals surface area contributed by atoms with Crippen LogP contribution in [0, 0.1) is 11.7 Å². The van der Waals surface area contributed by atoms with Gasteiger partial charge in [0.05, 0.1) is 11.8 Å². The smallest absolute Gasteiger partial charge is 0.217 e. The molecule has 17 heavy (non-hydrogen) atoms. The Morgan fingerprint density at radius 2 is 2.18 bits per heavy atom. The first kappa shape index (κ1) is 11.7. The molecule has 0 saturated heterocycles. The second-order valence-corrected chi connectivity index (χ2v) is 4.43. The van der Waals surface area contributed by atoms with E-state index in [0.717, 1.165) is 12.8 Å². The van der Waals surface area contributed by atoms with Crippen molar-refractivity contribution < 1.29 is 13.9 Å². The molecular weight excluding hydrogens is 223 g/mol. The molecule has 1 saturated carbocycles. The Morgan fingerprint density at radius 1 is 1.47 bits per heavy atom. The summed E-state index contributed by atoms with van der Waals surface area (Å²) in [4.78, 5) is 10.7. The molecule has 0 radical (unpaired) electrons. The summed E-state index contributed by atoms with van der Waals surface area (Å²) in [5.41, 5.74) is 11.2. The standard InChI is InChI=1S/C12H15FN2O2/c13-8-1-2-10(14)11(6-8)17-9-3-7(4-9)5-12(15)16/h1-2,6-7,9H,3-5,14H2,(H2,15,16)/t7-,9-. The van der Waals surface area contributed by atoms with Crippen LogP contribution in [0.4, 0.5) is 10.1 Å². The molecule has 1 amide bonds. The lowest BCUT2D eigenvalue weighted by Crippen LogP contribution is -2.36. The zero-order valence-electron chi connectivity index (χ0n) is 9.36. The summed E-state index contributed by atoms with van der Waals surface area (Å²) in [7, 11) is 0. The molecule has 1 fully saturated rings. The van der Waals surface area contributed by atoms with Gasteiger partial charge in [-0.3, -0.25) is 4.79 Å². The normalized spacial score (nSPS) is 22.9. The van der Waals surface area contributed by atoms with Crippen molar-refractivity contribution in [2.24, 2.45) is 11.7 Å². The summed E-state index contributed by atoms with van der Waals surface area (Å²) in [6.45, 7) is 0. The number of carbonyl (C=O) groups excluding carboxylic acids is 1. The number of rotatable bonds is 4. The molecule has 2 rings (SSSR count). The minimum absolute atomic E-state index is 0.00319. The van der Waals surface area contributed by atoms with E-state index in [0.29, 0.717) is 17.9 Å². The molecule has 4 nitrogen and oxygen atoms in total. The van der Waals surface area contributed by atoms with Gasteiger partial charge in [0.1, 0.15) is 11.6 Å². The first-order valence-corrected chi connectivity index (χ1v) is 5.54. The van der Waals surface area contributed by atoms with Gasteiger partial charge in [0.25, 0.3) is 0 Å². The minimum atomic E-state index is -0.373. The molecule has 0 atom stereocenters. The summed E-state index contributed by atoms with van der Waals surface area (Å²) >= 11 is 0. The van der Waals surface area contributed by atoms with Gasteiger partial charge in [0, 0.05) is 12.5 Å². The molecular formula is C12H15FN2O2. The summed E-state index contributed by atoms with van der Waals surface area (Å²) in [5, 5.41) is 0. The number of hydrogen-bond acceptors (Lipinski definition) is 3. The van der Waals surface area contributed by atoms with Gasteiger partial charge in [0.15, 0.2) is 0 Å². The number of nitrogens with two attached hydrogens (primary N) is 2. The van der Waals surface area contributed by atoms with Crippen molar-refractivity contribution in [1.29, 1.82) is 0 Å². The van der Waals surface area contributed by atoms with Gasteiger partial charge >= 0.3 is 0 Å². The van der Waals surface area contributed by atoms with Crippen LogP contribution < -0.4 is 16.2 Å². The molecule has 1 aliphatic rings. The largest absolute Gasteiger partial charge is 0.488 e. The lowest BCUT2D eigenvalue weighted by molar-refractivity contribution is -0.120. The summed E-state index contributed by atoms with van der Waals surface area (Å²) < 4.78 is 18.5. The molecule has 0 aliphatic heterocycles. The maximum absolute atomic E-state index is 13.0. The van der Waals surface area contributed by atoms with E-state index < -0.39 is 0 Å². The van der Waals surface area contributed by atoms with Crippen molar-refractivity contribution in [3.8, 4) is 5.75 Å². The van der Waals surface area contributed by atoms with Crippen molar-refractivity contribution in [2.45, 2.75) is 25.4 Å². The highest BCUT2D eigenvalue weighted by Crippen LogP contribution is 2.35. The molecule has 1 aliphatic carbocycles. The van der Waals surface area contributed by atoms with Crippen molar-refractivity contribution in [1.82, 2.24) is 0 Å². The fraction of sp³-hybridized carbons (Fsp3) is 0.417. The number of ether oxygens (including phenoxy) is 1. The highest BCUT2D eigenvalue weighted by molar-refractivity contribution is 5.74. The number of anilines is 1. The third-order valence-electron chi connectivity index (χ3n) is 2.95. The van der Waals surface area contributed by atoms with Crippen molar-refractivity contribution in [3.63, 3.8) is 0 Å². The fourth-order valence-corrected chi connectivity index (χ4v) is 2.01. The molecule has 0 aromatic heterocycles. The van der Waals surface area contributed by atoms with Crippen molar-refractivity contribution in [3.05, 3.63) is 24.0 Å². The number of carbonyl (C=O) groups is 1. The quantitative estimate of drug-likeness (QED) is 0.779. The van der Waals surface area contributed by atoms with Gasteiger partial charge in [-0.1, -0.05) is 0 Å². The van der Waals surface area contributed by atoms with Crippen LogP contribution in [0.25, 0.3) is 0 Å². The third kappa shape index (κ3) is 2.87. The Kier molecular flexibility index (Phi) is 3.17. The van der Waals surface area contributed by atoms with E-state index in [1.54, 1.807) is 0 Å². The van der Waals surface area contributed by atoms with Crippen LogP contribution in [-0.2, 0) is 4.79 Å². The van der Waals surface area contributed by atoms with Crippen molar-refractivity contribution in [2.75, 3.05) is 5.73 Å². The van der Waals surface area contributed by atoms with Gasteiger partial charge in [-0.15, -0.1) is 0 Å². The van der Waals surface area contributed by atoms with Crippen LogP contribution in [0.15, 0.2) is 18.2 Å². The minimum Gasteiger partial charge on any atom is -0.488 e. The lowest BCUT2D eigenvalue weighted by Gasteiger charge is -2.34. The number of primary amides is 1. The Morgan fingerprint density at radius 3 is 2.82 bits per heavy atom. The topological polar surface area (TPSA) is 78.3 Å². The van der Waals surface area contributed by atoms with E-state index in [2.05, 4.69) is 0 Å². The zero-order chi connectivity index (χ0) is 12.4. The highest BCUT2D eigenvalue weighted by atomic mass is 19.1. The van der Waals surface area contributed by atoms with Crippen LogP contribution >= 0.6 is 0 Å². The van der Waals surface area contributed by atoms with Crippen LogP contribution in [0.2, 0.25) is 0 Å². The van der Waals surface area contributed by atoms with Gasteiger partial charge < -0.3 is 16.2 Å². The SMILES string of the molecule is NC(=O)C[C@H]1C[C@H](Oc2cc(F)ccc2N)C1. The molecule has 5 heteroatoms. The molecule has 1 aromatic rings. The number of halogens is 1. The maximum atomic E-state index is 13.0. The monoisotopic (exact) mass is 238 g/mol. The molecule has 0 heterocycles. The number of nitrogen functional groups attached to an aromatic ring is 1. The summed E-state index contributed by atoms with van der Waals surface area (Å²) in [6, 6.07) is 4.04. The Bertz CT molecular complexity index is 431. The van der Waals surface area contributed by atoms with Crippen LogP contribution in [0.3, 0.4) is 0 Å². The van der Waals surface area contributed by atoms with Gasteiger partial charge in [-0.25, -0.2) is 4.39 Å². The predicted molar refractivity (Wildman–Crippen MR) is 61.8 cm³/mol. The van der Waals surface area contributed by atoms with Crippen LogP contribution in [0.5, 0.6) is 5.75 Å². The number of amides is 1. The molecule has 4 N–H and O–H groups in total. The molecule has 0 spiro atoms.